The quantitative estimate of drug-likeness (QED) is 0.878. The smallest absolute Gasteiger partial charge is 0.303 e. The number of aliphatic carboxylic acids is 1. The molecule has 2 aromatic rings. The van der Waals surface area contributed by atoms with Gasteiger partial charge in [0.15, 0.2) is 0 Å². The standard InChI is InChI=1S/C17H24N2O2/c1-11(2)10-19-15-6-5-13(12(3)4)9-14(15)18-16(19)7-8-17(20)21/h5-6,9,11-12H,7-8,10H2,1-4H3,(H,20,21). The van der Waals surface area contributed by atoms with Crippen molar-refractivity contribution in [3.05, 3.63) is 29.6 Å². The van der Waals surface area contributed by atoms with Crippen LogP contribution in [0.25, 0.3) is 11.0 Å². The van der Waals surface area contributed by atoms with E-state index in [0.29, 0.717) is 18.3 Å². The first kappa shape index (κ1) is 15.5. The van der Waals surface area contributed by atoms with Crippen LogP contribution in [0.15, 0.2) is 18.2 Å². The van der Waals surface area contributed by atoms with Gasteiger partial charge in [-0.25, -0.2) is 4.98 Å². The second-order valence-corrected chi connectivity index (χ2v) is 6.33. The number of hydrogen-bond acceptors (Lipinski definition) is 2. The number of carbonyl (C=O) groups is 1. The maximum Gasteiger partial charge on any atom is 0.303 e. The number of carboxylic acid groups (broad SMARTS) is 1. The summed E-state index contributed by atoms with van der Waals surface area (Å²) in [5, 5.41) is 8.90. The summed E-state index contributed by atoms with van der Waals surface area (Å²) in [7, 11) is 0. The molecule has 0 spiro atoms. The Morgan fingerprint density at radius 1 is 1.29 bits per heavy atom. The van der Waals surface area contributed by atoms with E-state index in [9.17, 15) is 4.79 Å². The first-order chi connectivity index (χ1) is 9.88. The molecule has 1 N–H and O–H groups in total. The number of benzene rings is 1. The van der Waals surface area contributed by atoms with Crippen molar-refractivity contribution in [2.45, 2.75) is 53.0 Å². The third-order valence-corrected chi connectivity index (χ3v) is 3.63. The van der Waals surface area contributed by atoms with Crippen LogP contribution < -0.4 is 0 Å². The van der Waals surface area contributed by atoms with E-state index >= 15 is 0 Å². The van der Waals surface area contributed by atoms with Gasteiger partial charge >= 0.3 is 5.97 Å². The van der Waals surface area contributed by atoms with Gasteiger partial charge in [-0.15, -0.1) is 0 Å². The summed E-state index contributed by atoms with van der Waals surface area (Å²) in [6.07, 6.45) is 0.603. The molecule has 114 valence electrons. The minimum atomic E-state index is -0.777. The van der Waals surface area contributed by atoms with Gasteiger partial charge < -0.3 is 9.67 Å². The molecule has 0 saturated carbocycles. The fraction of sp³-hybridized carbons (Fsp3) is 0.529. The van der Waals surface area contributed by atoms with Crippen LogP contribution >= 0.6 is 0 Å². The maximum absolute atomic E-state index is 10.8. The molecule has 0 saturated heterocycles. The third kappa shape index (κ3) is 3.63. The lowest BCUT2D eigenvalue weighted by molar-refractivity contribution is -0.137. The second kappa shape index (κ2) is 6.29. The minimum Gasteiger partial charge on any atom is -0.481 e. The highest BCUT2D eigenvalue weighted by atomic mass is 16.4. The predicted molar refractivity (Wildman–Crippen MR) is 84.6 cm³/mol. The molecule has 0 fully saturated rings. The normalized spacial score (nSPS) is 11.7. The van der Waals surface area contributed by atoms with Gasteiger partial charge in [-0.2, -0.15) is 0 Å². The Labute approximate surface area is 125 Å². The Balaban J connectivity index is 2.46. The third-order valence-electron chi connectivity index (χ3n) is 3.63. The van der Waals surface area contributed by atoms with E-state index in [1.807, 2.05) is 0 Å². The van der Waals surface area contributed by atoms with E-state index < -0.39 is 5.97 Å². The van der Waals surface area contributed by atoms with Gasteiger partial charge in [-0.1, -0.05) is 33.8 Å². The molecular formula is C17H24N2O2. The Hall–Kier alpha value is -1.84. The lowest BCUT2D eigenvalue weighted by Gasteiger charge is -2.11. The topological polar surface area (TPSA) is 55.1 Å². The van der Waals surface area contributed by atoms with E-state index in [4.69, 9.17) is 5.11 Å². The highest BCUT2D eigenvalue weighted by Gasteiger charge is 2.14. The zero-order chi connectivity index (χ0) is 15.6. The lowest BCUT2D eigenvalue weighted by atomic mass is 10.0. The fourth-order valence-corrected chi connectivity index (χ4v) is 2.53. The van der Waals surface area contributed by atoms with Crippen LogP contribution in [0.1, 0.15) is 51.4 Å². The van der Waals surface area contributed by atoms with Crippen molar-refractivity contribution in [3.63, 3.8) is 0 Å². The fourth-order valence-electron chi connectivity index (χ4n) is 2.53. The summed E-state index contributed by atoms with van der Waals surface area (Å²) in [6, 6.07) is 6.39. The Bertz CT molecular complexity index is 642. The average molecular weight is 288 g/mol. The monoisotopic (exact) mass is 288 g/mol. The average Bonchev–Trinajstić information content (AvgIpc) is 2.73. The number of fused-ring (bicyclic) bond motifs is 1. The molecule has 0 radical (unpaired) electrons. The lowest BCUT2D eigenvalue weighted by Crippen LogP contribution is -2.10. The van der Waals surface area contributed by atoms with E-state index in [2.05, 4.69) is 55.4 Å². The van der Waals surface area contributed by atoms with Crippen molar-refractivity contribution >= 4 is 17.0 Å². The van der Waals surface area contributed by atoms with Crippen molar-refractivity contribution in [1.82, 2.24) is 9.55 Å². The van der Waals surface area contributed by atoms with Crippen LogP contribution in [0.3, 0.4) is 0 Å². The van der Waals surface area contributed by atoms with Gasteiger partial charge in [0.05, 0.1) is 17.5 Å². The summed E-state index contributed by atoms with van der Waals surface area (Å²) in [5.74, 6) is 1.06. The van der Waals surface area contributed by atoms with Crippen LogP contribution in [0, 0.1) is 5.92 Å². The number of rotatable bonds is 6. The Morgan fingerprint density at radius 3 is 2.57 bits per heavy atom. The van der Waals surface area contributed by atoms with E-state index in [1.165, 1.54) is 5.56 Å². The van der Waals surface area contributed by atoms with Gasteiger partial charge in [0.25, 0.3) is 0 Å². The van der Waals surface area contributed by atoms with Gasteiger partial charge in [-0.05, 0) is 29.5 Å². The second-order valence-electron chi connectivity index (χ2n) is 6.33. The van der Waals surface area contributed by atoms with Crippen LogP contribution in [0.5, 0.6) is 0 Å². The van der Waals surface area contributed by atoms with Gasteiger partial charge in [-0.3, -0.25) is 4.79 Å². The number of nitrogens with zero attached hydrogens (tertiary/aromatic N) is 2. The first-order valence-electron chi connectivity index (χ1n) is 7.59. The number of hydrogen-bond donors (Lipinski definition) is 1. The highest BCUT2D eigenvalue weighted by Crippen LogP contribution is 2.23. The Morgan fingerprint density at radius 2 is 2.00 bits per heavy atom. The van der Waals surface area contributed by atoms with Gasteiger partial charge in [0, 0.05) is 13.0 Å². The van der Waals surface area contributed by atoms with Crippen LogP contribution in [0.2, 0.25) is 0 Å². The largest absolute Gasteiger partial charge is 0.481 e. The van der Waals surface area contributed by atoms with Gasteiger partial charge in [0.2, 0.25) is 0 Å². The zero-order valence-corrected chi connectivity index (χ0v) is 13.3. The molecule has 0 bridgehead atoms. The summed E-state index contributed by atoms with van der Waals surface area (Å²) in [6.45, 7) is 9.52. The molecule has 4 nitrogen and oxygen atoms in total. The van der Waals surface area contributed by atoms with Crippen LogP contribution in [-0.2, 0) is 17.8 Å². The van der Waals surface area contributed by atoms with Crippen LogP contribution in [-0.4, -0.2) is 20.6 Å². The summed E-state index contributed by atoms with van der Waals surface area (Å²) >= 11 is 0. The molecule has 21 heavy (non-hydrogen) atoms. The minimum absolute atomic E-state index is 0.123. The molecule has 0 amide bonds. The van der Waals surface area contributed by atoms with Crippen molar-refractivity contribution in [2.24, 2.45) is 5.92 Å². The molecule has 0 aliphatic carbocycles. The number of aromatic nitrogens is 2. The van der Waals surface area contributed by atoms with Crippen LogP contribution in [0.4, 0.5) is 0 Å². The van der Waals surface area contributed by atoms with Gasteiger partial charge in [0.1, 0.15) is 5.82 Å². The maximum atomic E-state index is 10.8. The van der Waals surface area contributed by atoms with Crippen molar-refractivity contribution < 1.29 is 9.90 Å². The molecule has 0 aliphatic heterocycles. The molecular weight excluding hydrogens is 264 g/mol. The van der Waals surface area contributed by atoms with E-state index in [-0.39, 0.29) is 6.42 Å². The summed E-state index contributed by atoms with van der Waals surface area (Å²) in [5.41, 5.74) is 3.34. The molecule has 0 unspecified atom stereocenters. The molecule has 0 atom stereocenters. The number of imidazole rings is 1. The van der Waals surface area contributed by atoms with Crippen molar-refractivity contribution in [2.75, 3.05) is 0 Å². The molecule has 1 aromatic carbocycles. The SMILES string of the molecule is CC(C)Cn1c(CCC(=O)O)nc2cc(C(C)C)ccc21. The van der Waals surface area contributed by atoms with E-state index in [0.717, 1.165) is 23.4 Å². The summed E-state index contributed by atoms with van der Waals surface area (Å²) < 4.78 is 2.17. The predicted octanol–water partition coefficient (Wildman–Crippen LogP) is 3.83. The summed E-state index contributed by atoms with van der Waals surface area (Å²) in [4.78, 5) is 15.5. The van der Waals surface area contributed by atoms with E-state index in [1.54, 1.807) is 0 Å². The Kier molecular flexibility index (Phi) is 4.66. The zero-order valence-electron chi connectivity index (χ0n) is 13.3. The molecule has 0 aliphatic rings. The van der Waals surface area contributed by atoms with Crippen molar-refractivity contribution in [3.8, 4) is 0 Å². The molecule has 2 rings (SSSR count). The first-order valence-corrected chi connectivity index (χ1v) is 7.59. The number of aryl methyl sites for hydroxylation is 1. The van der Waals surface area contributed by atoms with Crippen molar-refractivity contribution in [1.29, 1.82) is 0 Å². The molecule has 4 heteroatoms. The number of carboxylic acids is 1. The highest BCUT2D eigenvalue weighted by molar-refractivity contribution is 5.77. The molecule has 1 aromatic heterocycles. The molecule has 1 heterocycles.